The number of likely N-dealkylation sites (tertiary alicyclic amines) is 1. The molecule has 90 valence electrons. The summed E-state index contributed by atoms with van der Waals surface area (Å²) in [5, 5.41) is 9.09. The predicted octanol–water partition coefficient (Wildman–Crippen LogP) is 1.02. The fraction of sp³-hybridized carbons (Fsp3) is 0.417. The van der Waals surface area contributed by atoms with Crippen molar-refractivity contribution in [1.29, 1.82) is 0 Å². The van der Waals surface area contributed by atoms with Gasteiger partial charge in [0.25, 0.3) is 5.91 Å². The fourth-order valence-electron chi connectivity index (χ4n) is 1.99. The Kier molecular flexibility index (Phi) is 2.83. The molecule has 1 unspecified atom stereocenters. The van der Waals surface area contributed by atoms with Gasteiger partial charge in [-0.3, -0.25) is 14.6 Å². The molecule has 0 bridgehead atoms. The first kappa shape index (κ1) is 11.6. The van der Waals surface area contributed by atoms with Crippen molar-refractivity contribution < 1.29 is 14.7 Å². The van der Waals surface area contributed by atoms with Gasteiger partial charge in [-0.25, -0.2) is 0 Å². The number of rotatable bonds is 2. The molecule has 5 heteroatoms. The van der Waals surface area contributed by atoms with Crippen molar-refractivity contribution in [2.45, 2.75) is 13.3 Å². The second-order valence-corrected chi connectivity index (χ2v) is 4.58. The van der Waals surface area contributed by atoms with Crippen LogP contribution < -0.4 is 0 Å². The lowest BCUT2D eigenvalue weighted by Gasteiger charge is -2.20. The van der Waals surface area contributed by atoms with E-state index >= 15 is 0 Å². The molecular formula is C12H14N2O3. The zero-order valence-corrected chi connectivity index (χ0v) is 9.59. The molecule has 1 atom stereocenters. The lowest BCUT2D eigenvalue weighted by atomic mass is 9.90. The molecule has 1 aliphatic heterocycles. The Bertz CT molecular complexity index is 446. The topological polar surface area (TPSA) is 70.5 Å². The van der Waals surface area contributed by atoms with Crippen molar-refractivity contribution in [2.24, 2.45) is 5.41 Å². The number of carboxylic acid groups (broad SMARTS) is 1. The van der Waals surface area contributed by atoms with Crippen LogP contribution in [0.3, 0.4) is 0 Å². The highest BCUT2D eigenvalue weighted by molar-refractivity contribution is 5.94. The smallest absolute Gasteiger partial charge is 0.311 e. The second kappa shape index (κ2) is 4.16. The Morgan fingerprint density at radius 1 is 1.41 bits per heavy atom. The first-order chi connectivity index (χ1) is 8.03. The summed E-state index contributed by atoms with van der Waals surface area (Å²) in [7, 11) is 0. The second-order valence-electron chi connectivity index (χ2n) is 4.58. The highest BCUT2D eigenvalue weighted by Gasteiger charge is 2.42. The highest BCUT2D eigenvalue weighted by Crippen LogP contribution is 2.30. The van der Waals surface area contributed by atoms with E-state index < -0.39 is 11.4 Å². The van der Waals surface area contributed by atoms with Crippen molar-refractivity contribution >= 4 is 11.9 Å². The largest absolute Gasteiger partial charge is 0.481 e. The summed E-state index contributed by atoms with van der Waals surface area (Å²) in [6.45, 7) is 2.43. The standard InChI is InChI=1S/C12H14N2O3/c1-12(11(16)17)4-7-14(8-12)10(15)9-2-5-13-6-3-9/h2-3,5-6H,4,7-8H2,1H3,(H,16,17). The van der Waals surface area contributed by atoms with Gasteiger partial charge >= 0.3 is 5.97 Å². The van der Waals surface area contributed by atoms with Gasteiger partial charge in [-0.1, -0.05) is 0 Å². The van der Waals surface area contributed by atoms with E-state index in [1.165, 1.54) is 0 Å². The van der Waals surface area contributed by atoms with Gasteiger partial charge in [0.1, 0.15) is 0 Å². The van der Waals surface area contributed by atoms with Crippen LogP contribution in [0.5, 0.6) is 0 Å². The van der Waals surface area contributed by atoms with Crippen molar-refractivity contribution in [3.05, 3.63) is 30.1 Å². The fourth-order valence-corrected chi connectivity index (χ4v) is 1.99. The molecule has 0 aromatic carbocycles. The third-order valence-electron chi connectivity index (χ3n) is 3.20. The highest BCUT2D eigenvalue weighted by atomic mass is 16.4. The van der Waals surface area contributed by atoms with E-state index in [4.69, 9.17) is 5.11 Å². The number of aliphatic carboxylic acids is 1. The number of carboxylic acids is 1. The molecule has 1 fully saturated rings. The van der Waals surface area contributed by atoms with Gasteiger partial charge < -0.3 is 10.0 Å². The molecule has 1 N–H and O–H groups in total. The predicted molar refractivity (Wildman–Crippen MR) is 60.5 cm³/mol. The summed E-state index contributed by atoms with van der Waals surface area (Å²) in [5.74, 6) is -0.972. The summed E-state index contributed by atoms with van der Waals surface area (Å²) in [4.78, 5) is 28.6. The molecule has 17 heavy (non-hydrogen) atoms. The number of hydrogen-bond donors (Lipinski definition) is 1. The molecule has 1 amide bonds. The first-order valence-electron chi connectivity index (χ1n) is 5.46. The molecule has 2 heterocycles. The minimum absolute atomic E-state index is 0.127. The van der Waals surface area contributed by atoms with Crippen LogP contribution >= 0.6 is 0 Å². The maximum Gasteiger partial charge on any atom is 0.311 e. The molecule has 1 aromatic rings. The van der Waals surface area contributed by atoms with Crippen LogP contribution in [0.1, 0.15) is 23.7 Å². The molecule has 5 nitrogen and oxygen atoms in total. The molecule has 1 aromatic heterocycles. The average Bonchev–Trinajstić information content (AvgIpc) is 2.74. The van der Waals surface area contributed by atoms with Gasteiger partial charge in [0.05, 0.1) is 5.41 Å². The van der Waals surface area contributed by atoms with E-state index in [1.54, 1.807) is 36.4 Å². The van der Waals surface area contributed by atoms with Gasteiger partial charge in [-0.15, -0.1) is 0 Å². The van der Waals surface area contributed by atoms with E-state index in [-0.39, 0.29) is 12.5 Å². The van der Waals surface area contributed by atoms with Crippen LogP contribution in [-0.4, -0.2) is 40.0 Å². The van der Waals surface area contributed by atoms with E-state index in [2.05, 4.69) is 4.98 Å². The maximum absolute atomic E-state index is 12.1. The van der Waals surface area contributed by atoms with Crippen molar-refractivity contribution in [3.8, 4) is 0 Å². The summed E-state index contributed by atoms with van der Waals surface area (Å²) < 4.78 is 0. The number of amides is 1. The molecule has 2 rings (SSSR count). The number of hydrogen-bond acceptors (Lipinski definition) is 3. The summed E-state index contributed by atoms with van der Waals surface area (Å²) in [6.07, 6.45) is 3.61. The molecule has 0 spiro atoms. The van der Waals surface area contributed by atoms with Crippen LogP contribution in [0.25, 0.3) is 0 Å². The van der Waals surface area contributed by atoms with E-state index in [9.17, 15) is 9.59 Å². The third-order valence-corrected chi connectivity index (χ3v) is 3.20. The Balaban J connectivity index is 2.12. The monoisotopic (exact) mass is 234 g/mol. The number of pyridine rings is 1. The summed E-state index contributed by atoms with van der Waals surface area (Å²) in [5.41, 5.74) is -0.266. The lowest BCUT2D eigenvalue weighted by Crippen LogP contribution is -2.34. The molecular weight excluding hydrogens is 220 g/mol. The normalized spacial score (nSPS) is 23.7. The van der Waals surface area contributed by atoms with E-state index in [0.29, 0.717) is 18.5 Å². The Morgan fingerprint density at radius 2 is 2.06 bits per heavy atom. The zero-order valence-electron chi connectivity index (χ0n) is 9.59. The van der Waals surface area contributed by atoms with Crippen molar-refractivity contribution in [3.63, 3.8) is 0 Å². The summed E-state index contributed by atoms with van der Waals surface area (Å²) in [6, 6.07) is 3.28. The van der Waals surface area contributed by atoms with Gasteiger partial charge in [-0.2, -0.15) is 0 Å². The lowest BCUT2D eigenvalue weighted by molar-refractivity contribution is -0.147. The molecule has 1 aliphatic rings. The Hall–Kier alpha value is -1.91. The first-order valence-corrected chi connectivity index (χ1v) is 5.46. The zero-order chi connectivity index (χ0) is 12.5. The average molecular weight is 234 g/mol. The number of carbonyl (C=O) groups is 2. The molecule has 0 saturated carbocycles. The number of aromatic nitrogens is 1. The quantitative estimate of drug-likeness (QED) is 0.829. The van der Waals surface area contributed by atoms with Crippen LogP contribution in [0.2, 0.25) is 0 Å². The van der Waals surface area contributed by atoms with Gasteiger partial charge in [0, 0.05) is 31.0 Å². The molecule has 1 saturated heterocycles. The summed E-state index contributed by atoms with van der Waals surface area (Å²) >= 11 is 0. The van der Waals surface area contributed by atoms with Gasteiger partial charge in [0.2, 0.25) is 0 Å². The Morgan fingerprint density at radius 3 is 2.59 bits per heavy atom. The number of carbonyl (C=O) groups excluding carboxylic acids is 1. The van der Waals surface area contributed by atoms with Gasteiger partial charge in [-0.05, 0) is 25.5 Å². The minimum atomic E-state index is -0.845. The molecule has 0 aliphatic carbocycles. The van der Waals surface area contributed by atoms with Crippen LogP contribution in [-0.2, 0) is 4.79 Å². The maximum atomic E-state index is 12.1. The van der Waals surface area contributed by atoms with E-state index in [1.807, 2.05) is 0 Å². The third kappa shape index (κ3) is 2.13. The SMILES string of the molecule is CC1(C(=O)O)CCN(C(=O)c2ccncc2)C1. The minimum Gasteiger partial charge on any atom is -0.481 e. The van der Waals surface area contributed by atoms with Crippen LogP contribution in [0, 0.1) is 5.41 Å². The van der Waals surface area contributed by atoms with Crippen molar-refractivity contribution in [1.82, 2.24) is 9.88 Å². The van der Waals surface area contributed by atoms with Gasteiger partial charge in [0.15, 0.2) is 0 Å². The number of nitrogens with zero attached hydrogens (tertiary/aromatic N) is 2. The molecule has 0 radical (unpaired) electrons. The van der Waals surface area contributed by atoms with E-state index in [0.717, 1.165) is 0 Å². The Labute approximate surface area is 99.1 Å². The van der Waals surface area contributed by atoms with Crippen LogP contribution in [0.15, 0.2) is 24.5 Å². The van der Waals surface area contributed by atoms with Crippen molar-refractivity contribution in [2.75, 3.05) is 13.1 Å². The van der Waals surface area contributed by atoms with Crippen LogP contribution in [0.4, 0.5) is 0 Å².